The molecule has 5 heteroatoms. The second-order valence-electron chi connectivity index (χ2n) is 7.56. The van der Waals surface area contributed by atoms with E-state index in [9.17, 15) is 4.79 Å². The predicted molar refractivity (Wildman–Crippen MR) is 120 cm³/mol. The Morgan fingerprint density at radius 2 is 2.00 bits per heavy atom. The Morgan fingerprint density at radius 3 is 2.67 bits per heavy atom. The van der Waals surface area contributed by atoms with Crippen LogP contribution in [0.15, 0.2) is 54.6 Å². The number of ether oxygens (including phenoxy) is 1. The Labute approximate surface area is 178 Å². The number of unbranched alkanes of at least 4 members (excludes halogenated alkanes) is 1. The molecule has 5 nitrogen and oxygen atoms in total. The molecular formula is C25H30N2O3. The first-order valence-corrected chi connectivity index (χ1v) is 10.6. The van der Waals surface area contributed by atoms with Crippen molar-refractivity contribution < 1.29 is 14.6 Å². The molecular weight excluding hydrogens is 376 g/mol. The number of nitrogens with zero attached hydrogens (tertiary/aromatic N) is 2. The third kappa shape index (κ3) is 5.09. The van der Waals surface area contributed by atoms with Crippen LogP contribution >= 0.6 is 0 Å². The van der Waals surface area contributed by atoms with Gasteiger partial charge in [0.05, 0.1) is 17.6 Å². The maximum Gasteiger partial charge on any atom is 0.304 e. The molecule has 1 N–H and O–H groups in total. The number of carboxylic acids is 1. The van der Waals surface area contributed by atoms with E-state index < -0.39 is 5.97 Å². The van der Waals surface area contributed by atoms with E-state index in [2.05, 4.69) is 29.8 Å². The van der Waals surface area contributed by atoms with Crippen molar-refractivity contribution >= 4 is 16.9 Å². The fraction of sp³-hybridized carbons (Fsp3) is 0.360. The lowest BCUT2D eigenvalue weighted by Gasteiger charge is -2.13. The summed E-state index contributed by atoms with van der Waals surface area (Å²) in [5.74, 6) is -0.172. The van der Waals surface area contributed by atoms with Crippen molar-refractivity contribution in [3.8, 4) is 5.75 Å². The summed E-state index contributed by atoms with van der Waals surface area (Å²) >= 11 is 0. The zero-order valence-electron chi connectivity index (χ0n) is 18.0. The van der Waals surface area contributed by atoms with Crippen LogP contribution in [0.3, 0.4) is 0 Å². The zero-order chi connectivity index (χ0) is 21.5. The van der Waals surface area contributed by atoms with Crippen molar-refractivity contribution in [3.63, 3.8) is 0 Å². The molecule has 1 atom stereocenters. The normalized spacial score (nSPS) is 12.5. The maximum atomic E-state index is 11.1. The fourth-order valence-electron chi connectivity index (χ4n) is 3.79. The zero-order valence-corrected chi connectivity index (χ0v) is 18.0. The average molecular weight is 407 g/mol. The van der Waals surface area contributed by atoms with E-state index in [0.717, 1.165) is 47.5 Å². The van der Waals surface area contributed by atoms with Gasteiger partial charge in [-0.05, 0) is 44.0 Å². The summed E-state index contributed by atoms with van der Waals surface area (Å²) in [6.07, 6.45) is 6.14. The minimum Gasteiger partial charge on any atom is -0.489 e. The SMILES string of the molecule is CC=C[C@H](CC(=O)O)c1ccc(OCc2cccc3c2c(C)nn3CCCC)cc1. The van der Waals surface area contributed by atoms with Gasteiger partial charge in [-0.3, -0.25) is 9.48 Å². The standard InChI is InChI=1S/C25H30N2O3/c1-4-6-15-27-23-10-7-9-21(25(23)18(3)26-27)17-30-22-13-11-19(12-14-22)20(8-5-2)16-24(28)29/h5,7-14,20H,4,6,15-17H2,1-3H3,(H,28,29)/t20-/m1/s1. The van der Waals surface area contributed by atoms with Crippen molar-refractivity contribution in [3.05, 3.63) is 71.4 Å². The molecule has 158 valence electrons. The lowest BCUT2D eigenvalue weighted by atomic mass is 9.95. The molecule has 0 radical (unpaired) electrons. The van der Waals surface area contributed by atoms with Crippen molar-refractivity contribution in [1.82, 2.24) is 9.78 Å². The highest BCUT2D eigenvalue weighted by Crippen LogP contribution is 2.27. The molecule has 2 aromatic carbocycles. The number of carbonyl (C=O) groups is 1. The van der Waals surface area contributed by atoms with Gasteiger partial charge >= 0.3 is 5.97 Å². The van der Waals surface area contributed by atoms with Crippen molar-refractivity contribution in [1.29, 1.82) is 0 Å². The molecule has 1 aromatic heterocycles. The lowest BCUT2D eigenvalue weighted by Crippen LogP contribution is -2.04. The monoisotopic (exact) mass is 406 g/mol. The highest BCUT2D eigenvalue weighted by Gasteiger charge is 2.14. The van der Waals surface area contributed by atoms with Gasteiger partial charge in [-0.25, -0.2) is 0 Å². The van der Waals surface area contributed by atoms with E-state index in [1.54, 1.807) is 0 Å². The van der Waals surface area contributed by atoms with E-state index >= 15 is 0 Å². The molecule has 1 heterocycles. The first-order chi connectivity index (χ1) is 14.5. The molecule has 0 aliphatic carbocycles. The largest absolute Gasteiger partial charge is 0.489 e. The smallest absolute Gasteiger partial charge is 0.304 e. The average Bonchev–Trinajstić information content (AvgIpc) is 3.07. The second kappa shape index (κ2) is 10.1. The van der Waals surface area contributed by atoms with Crippen LogP contribution in [0.4, 0.5) is 0 Å². The van der Waals surface area contributed by atoms with E-state index in [4.69, 9.17) is 14.9 Å². The van der Waals surface area contributed by atoms with Crippen LogP contribution in [0, 0.1) is 6.92 Å². The van der Waals surface area contributed by atoms with Gasteiger partial charge in [-0.1, -0.05) is 49.8 Å². The predicted octanol–water partition coefficient (Wildman–Crippen LogP) is 5.86. The minimum atomic E-state index is -0.804. The van der Waals surface area contributed by atoms with E-state index in [1.165, 1.54) is 5.39 Å². The van der Waals surface area contributed by atoms with Crippen LogP contribution in [0.1, 0.15) is 55.8 Å². The fourth-order valence-corrected chi connectivity index (χ4v) is 3.79. The van der Waals surface area contributed by atoms with Crippen molar-refractivity contribution in [2.75, 3.05) is 0 Å². The van der Waals surface area contributed by atoms with Gasteiger partial charge < -0.3 is 9.84 Å². The molecule has 0 fully saturated rings. The summed E-state index contributed by atoms with van der Waals surface area (Å²) in [4.78, 5) is 11.1. The summed E-state index contributed by atoms with van der Waals surface area (Å²) in [5, 5.41) is 15.0. The molecule has 0 spiro atoms. The van der Waals surface area contributed by atoms with Gasteiger partial charge in [-0.2, -0.15) is 5.10 Å². The van der Waals surface area contributed by atoms with Crippen LogP contribution in [0.5, 0.6) is 5.75 Å². The summed E-state index contributed by atoms with van der Waals surface area (Å²) in [6, 6.07) is 14.0. The molecule has 3 rings (SSSR count). The number of aryl methyl sites for hydroxylation is 2. The Morgan fingerprint density at radius 1 is 1.23 bits per heavy atom. The number of benzene rings is 2. The Bertz CT molecular complexity index is 1020. The van der Waals surface area contributed by atoms with Gasteiger partial charge in [0.15, 0.2) is 0 Å². The van der Waals surface area contributed by atoms with Gasteiger partial charge in [0.1, 0.15) is 12.4 Å². The molecule has 0 unspecified atom stereocenters. The number of fused-ring (bicyclic) bond motifs is 1. The van der Waals surface area contributed by atoms with E-state index in [1.807, 2.05) is 50.3 Å². The number of carboxylic acid groups (broad SMARTS) is 1. The Balaban J connectivity index is 1.75. The first kappa shape index (κ1) is 21.6. The van der Waals surface area contributed by atoms with Crippen molar-refractivity contribution in [2.45, 2.75) is 59.1 Å². The van der Waals surface area contributed by atoms with Crippen molar-refractivity contribution in [2.24, 2.45) is 0 Å². The second-order valence-corrected chi connectivity index (χ2v) is 7.56. The molecule has 30 heavy (non-hydrogen) atoms. The highest BCUT2D eigenvalue weighted by molar-refractivity contribution is 5.85. The highest BCUT2D eigenvalue weighted by atomic mass is 16.5. The first-order valence-electron chi connectivity index (χ1n) is 10.6. The maximum absolute atomic E-state index is 11.1. The molecule has 3 aromatic rings. The minimum absolute atomic E-state index is 0.0772. The molecule has 0 saturated carbocycles. The lowest BCUT2D eigenvalue weighted by molar-refractivity contribution is -0.137. The number of hydrogen-bond acceptors (Lipinski definition) is 3. The van der Waals surface area contributed by atoms with E-state index in [-0.39, 0.29) is 12.3 Å². The quantitative estimate of drug-likeness (QED) is 0.428. The number of aromatic nitrogens is 2. The Kier molecular flexibility index (Phi) is 7.28. The number of rotatable bonds is 10. The third-order valence-electron chi connectivity index (χ3n) is 5.28. The molecule has 0 amide bonds. The van der Waals surface area contributed by atoms with Crippen LogP contribution < -0.4 is 4.74 Å². The van der Waals surface area contributed by atoms with Gasteiger partial charge in [0.2, 0.25) is 0 Å². The van der Waals surface area contributed by atoms with Crippen LogP contribution in [-0.4, -0.2) is 20.9 Å². The van der Waals surface area contributed by atoms with Crippen LogP contribution in [0.25, 0.3) is 10.9 Å². The third-order valence-corrected chi connectivity index (χ3v) is 5.28. The van der Waals surface area contributed by atoms with Gasteiger partial charge in [-0.15, -0.1) is 0 Å². The van der Waals surface area contributed by atoms with Gasteiger partial charge in [0.25, 0.3) is 0 Å². The molecule has 0 saturated heterocycles. The summed E-state index contributed by atoms with van der Waals surface area (Å²) in [7, 11) is 0. The number of aliphatic carboxylic acids is 1. The summed E-state index contributed by atoms with van der Waals surface area (Å²) < 4.78 is 8.14. The molecule has 0 bridgehead atoms. The summed E-state index contributed by atoms with van der Waals surface area (Å²) in [5.41, 5.74) is 4.27. The van der Waals surface area contributed by atoms with Gasteiger partial charge in [0, 0.05) is 23.4 Å². The number of allylic oxidation sites excluding steroid dienone is 2. The molecule has 0 aliphatic rings. The topological polar surface area (TPSA) is 64.3 Å². The molecule has 0 aliphatic heterocycles. The van der Waals surface area contributed by atoms with E-state index in [0.29, 0.717) is 6.61 Å². The summed E-state index contributed by atoms with van der Waals surface area (Å²) in [6.45, 7) is 7.53. The number of hydrogen-bond donors (Lipinski definition) is 1. The Hall–Kier alpha value is -3.08. The van der Waals surface area contributed by atoms with Crippen LogP contribution in [-0.2, 0) is 17.9 Å². The van der Waals surface area contributed by atoms with Crippen LogP contribution in [0.2, 0.25) is 0 Å².